The maximum atomic E-state index is 10.3. The Morgan fingerprint density at radius 3 is 3.23 bits per heavy atom. The van der Waals surface area contributed by atoms with Crippen LogP contribution < -0.4 is 11.2 Å². The van der Waals surface area contributed by atoms with Gasteiger partial charge in [0.25, 0.3) is 0 Å². The quantitative estimate of drug-likeness (QED) is 0.516. The zero-order valence-electron chi connectivity index (χ0n) is 7.40. The van der Waals surface area contributed by atoms with Gasteiger partial charge in [-0.25, -0.2) is 10.2 Å². The first-order valence-electron chi connectivity index (χ1n) is 3.97. The molecule has 0 aliphatic heterocycles. The topological polar surface area (TPSA) is 72.4 Å². The molecule has 70 valence electrons. The first-order valence-corrected chi connectivity index (χ1v) is 3.97. The zero-order chi connectivity index (χ0) is 9.68. The van der Waals surface area contributed by atoms with Gasteiger partial charge in [0.15, 0.2) is 0 Å². The molecule has 1 aromatic heterocycles. The first-order chi connectivity index (χ1) is 6.24. The lowest BCUT2D eigenvalue weighted by atomic mass is 10.4. The number of carbonyl (C=O) groups is 1. The van der Waals surface area contributed by atoms with Gasteiger partial charge in [-0.15, -0.1) is 0 Å². The molecule has 0 bridgehead atoms. The van der Waals surface area contributed by atoms with Gasteiger partial charge in [0.05, 0.1) is 11.9 Å². The van der Waals surface area contributed by atoms with Gasteiger partial charge in [-0.3, -0.25) is 0 Å². The molecule has 0 aliphatic rings. The van der Waals surface area contributed by atoms with Crippen LogP contribution in [0.5, 0.6) is 0 Å². The monoisotopic (exact) mass is 180 g/mol. The van der Waals surface area contributed by atoms with E-state index >= 15 is 0 Å². The Morgan fingerprint density at radius 1 is 1.85 bits per heavy atom. The van der Waals surface area contributed by atoms with E-state index in [1.807, 2.05) is 29.8 Å². The van der Waals surface area contributed by atoms with E-state index in [0.29, 0.717) is 0 Å². The number of nitrogens with two attached hydrogens (primary N) is 1. The first kappa shape index (κ1) is 9.31. The molecule has 0 spiro atoms. The smallest absolute Gasteiger partial charge is 0.332 e. The van der Waals surface area contributed by atoms with Crippen LogP contribution in [0.15, 0.2) is 23.4 Å². The van der Waals surface area contributed by atoms with Gasteiger partial charge in [0.2, 0.25) is 0 Å². The van der Waals surface area contributed by atoms with Crippen LogP contribution in [-0.2, 0) is 6.54 Å². The fourth-order valence-electron chi connectivity index (χ4n) is 0.995. The van der Waals surface area contributed by atoms with Crippen LogP contribution in [0.25, 0.3) is 0 Å². The molecule has 0 atom stereocenters. The average molecular weight is 180 g/mol. The van der Waals surface area contributed by atoms with Crippen LogP contribution in [0.3, 0.4) is 0 Å². The van der Waals surface area contributed by atoms with Gasteiger partial charge in [0, 0.05) is 12.7 Å². The summed E-state index contributed by atoms with van der Waals surface area (Å²) >= 11 is 0. The molecule has 0 fully saturated rings. The summed E-state index contributed by atoms with van der Waals surface area (Å²) in [5, 5.41) is 3.65. The molecule has 0 aromatic carbocycles. The van der Waals surface area contributed by atoms with Gasteiger partial charge in [-0.2, -0.15) is 5.10 Å². The van der Waals surface area contributed by atoms with Gasteiger partial charge in [-0.05, 0) is 19.1 Å². The van der Waals surface area contributed by atoms with E-state index in [-0.39, 0.29) is 0 Å². The third-order valence-electron chi connectivity index (χ3n) is 1.58. The number of hydrogen-bond donors (Lipinski definition) is 2. The number of hydrazone groups is 1. The molecular formula is C8H12N4O. The lowest BCUT2D eigenvalue weighted by Gasteiger charge is -1.99. The van der Waals surface area contributed by atoms with Crippen molar-refractivity contribution in [3.8, 4) is 0 Å². The number of rotatable bonds is 3. The summed E-state index contributed by atoms with van der Waals surface area (Å²) < 4.78 is 1.99. The lowest BCUT2D eigenvalue weighted by molar-refractivity contribution is 0.249. The standard InChI is InChI=1S/C8H12N4O/c1-2-12-5-3-4-7(12)6-10-11-8(9)13/h3-6H,2H2,1H3,(H3,9,11,13). The second-order valence-electron chi connectivity index (χ2n) is 2.45. The van der Waals surface area contributed by atoms with Crippen LogP contribution in [0, 0.1) is 0 Å². The average Bonchev–Trinajstić information content (AvgIpc) is 2.51. The summed E-state index contributed by atoms with van der Waals surface area (Å²) in [6.45, 7) is 2.89. The summed E-state index contributed by atoms with van der Waals surface area (Å²) in [6.07, 6.45) is 3.49. The lowest BCUT2D eigenvalue weighted by Crippen LogP contribution is -2.24. The number of urea groups is 1. The van der Waals surface area contributed by atoms with Crippen molar-refractivity contribution >= 4 is 12.2 Å². The molecule has 0 unspecified atom stereocenters. The highest BCUT2D eigenvalue weighted by molar-refractivity contribution is 5.79. The molecular weight excluding hydrogens is 168 g/mol. The molecule has 1 rings (SSSR count). The summed E-state index contributed by atoms with van der Waals surface area (Å²) in [4.78, 5) is 10.3. The molecule has 0 saturated carbocycles. The molecule has 5 nitrogen and oxygen atoms in total. The third-order valence-corrected chi connectivity index (χ3v) is 1.58. The number of nitrogens with zero attached hydrogens (tertiary/aromatic N) is 2. The van der Waals surface area contributed by atoms with Crippen molar-refractivity contribution in [2.75, 3.05) is 0 Å². The maximum Gasteiger partial charge on any atom is 0.332 e. The van der Waals surface area contributed by atoms with Crippen molar-refractivity contribution in [1.29, 1.82) is 0 Å². The van der Waals surface area contributed by atoms with E-state index in [1.54, 1.807) is 6.21 Å². The summed E-state index contributed by atoms with van der Waals surface area (Å²) in [6, 6.07) is 3.15. The van der Waals surface area contributed by atoms with E-state index in [0.717, 1.165) is 12.2 Å². The molecule has 0 radical (unpaired) electrons. The van der Waals surface area contributed by atoms with Crippen molar-refractivity contribution in [3.05, 3.63) is 24.0 Å². The highest BCUT2D eigenvalue weighted by atomic mass is 16.2. The largest absolute Gasteiger partial charge is 0.350 e. The van der Waals surface area contributed by atoms with Crippen LogP contribution in [0.2, 0.25) is 0 Å². The van der Waals surface area contributed by atoms with E-state index in [1.165, 1.54) is 0 Å². The van der Waals surface area contributed by atoms with Crippen molar-refractivity contribution < 1.29 is 4.79 Å². The summed E-state index contributed by atoms with van der Waals surface area (Å²) in [5.41, 5.74) is 7.89. The molecule has 1 aromatic rings. The number of aromatic nitrogens is 1. The number of primary amides is 1. The van der Waals surface area contributed by atoms with Crippen molar-refractivity contribution in [2.24, 2.45) is 10.8 Å². The minimum Gasteiger partial charge on any atom is -0.350 e. The molecule has 5 heteroatoms. The number of carbonyl (C=O) groups excluding carboxylic acids is 1. The van der Waals surface area contributed by atoms with Gasteiger partial charge in [0.1, 0.15) is 0 Å². The minimum atomic E-state index is -0.661. The highest BCUT2D eigenvalue weighted by Gasteiger charge is 1.93. The number of aryl methyl sites for hydroxylation is 1. The number of hydrogen-bond acceptors (Lipinski definition) is 2. The molecule has 2 amide bonds. The second kappa shape index (κ2) is 4.30. The maximum absolute atomic E-state index is 10.3. The van der Waals surface area contributed by atoms with Crippen LogP contribution >= 0.6 is 0 Å². The molecule has 0 aliphatic carbocycles. The molecule has 3 N–H and O–H groups in total. The van der Waals surface area contributed by atoms with Gasteiger partial charge >= 0.3 is 6.03 Å². The highest BCUT2D eigenvalue weighted by Crippen LogP contribution is 1.97. The fourth-order valence-corrected chi connectivity index (χ4v) is 0.995. The Kier molecular flexibility index (Phi) is 3.08. The van der Waals surface area contributed by atoms with Crippen LogP contribution in [-0.4, -0.2) is 16.8 Å². The summed E-state index contributed by atoms with van der Waals surface area (Å²) in [5.74, 6) is 0. The Labute approximate surface area is 76.2 Å². The van der Waals surface area contributed by atoms with E-state index in [2.05, 4.69) is 10.5 Å². The van der Waals surface area contributed by atoms with Crippen LogP contribution in [0.1, 0.15) is 12.6 Å². The Bertz CT molecular complexity index is 316. The van der Waals surface area contributed by atoms with Crippen molar-refractivity contribution in [2.45, 2.75) is 13.5 Å². The molecule has 0 saturated heterocycles. The summed E-state index contributed by atoms with van der Waals surface area (Å²) in [7, 11) is 0. The Hall–Kier alpha value is -1.78. The van der Waals surface area contributed by atoms with Crippen LogP contribution in [0.4, 0.5) is 4.79 Å². The van der Waals surface area contributed by atoms with Crippen molar-refractivity contribution in [1.82, 2.24) is 9.99 Å². The predicted molar refractivity (Wildman–Crippen MR) is 50.4 cm³/mol. The third kappa shape index (κ3) is 2.62. The fraction of sp³-hybridized carbons (Fsp3) is 0.250. The number of amides is 2. The Balaban J connectivity index is 2.62. The zero-order valence-corrected chi connectivity index (χ0v) is 7.40. The Morgan fingerprint density at radius 2 is 2.62 bits per heavy atom. The number of nitrogens with one attached hydrogen (secondary N) is 1. The van der Waals surface area contributed by atoms with Crippen molar-refractivity contribution in [3.63, 3.8) is 0 Å². The normalized spacial score (nSPS) is 10.5. The van der Waals surface area contributed by atoms with E-state index in [9.17, 15) is 4.79 Å². The molecule has 13 heavy (non-hydrogen) atoms. The molecule has 1 heterocycles. The van der Waals surface area contributed by atoms with E-state index < -0.39 is 6.03 Å². The SMILES string of the molecule is CCn1cccc1C=NNC(N)=O. The van der Waals surface area contributed by atoms with Gasteiger partial charge < -0.3 is 10.3 Å². The predicted octanol–water partition coefficient (Wildman–Crippen LogP) is 0.510. The van der Waals surface area contributed by atoms with Gasteiger partial charge in [-0.1, -0.05) is 0 Å². The van der Waals surface area contributed by atoms with E-state index in [4.69, 9.17) is 5.73 Å². The minimum absolute atomic E-state index is 0.661. The second-order valence-corrected chi connectivity index (χ2v) is 2.45.